The number of amides is 1. The number of carbonyl (C=O) groups is 2. The van der Waals surface area contributed by atoms with Crippen molar-refractivity contribution in [3.05, 3.63) is 108 Å². The lowest BCUT2D eigenvalue weighted by Crippen LogP contribution is -2.36. The number of esters is 1. The first-order valence-corrected chi connectivity index (χ1v) is 9.22. The van der Waals surface area contributed by atoms with Crippen molar-refractivity contribution in [1.82, 2.24) is 4.90 Å². The van der Waals surface area contributed by atoms with Crippen molar-refractivity contribution in [3.8, 4) is 0 Å². The third-order valence-electron chi connectivity index (χ3n) is 4.35. The number of carbonyl (C=O) groups excluding carboxylic acids is 2. The standard InChI is InChI=1S/C24H23NO3/c1-19(26)28-23(22-15-9-4-10-16-22)24(27)25(17-20-11-5-2-6-12-20)18-21-13-7-3-8-14-21/h2-16,23H,17-18H2,1H3. The second-order valence-corrected chi connectivity index (χ2v) is 6.57. The molecule has 0 N–H and O–H groups in total. The second-order valence-electron chi connectivity index (χ2n) is 6.57. The van der Waals surface area contributed by atoms with Crippen molar-refractivity contribution < 1.29 is 14.3 Å². The van der Waals surface area contributed by atoms with Crippen LogP contribution in [0.25, 0.3) is 0 Å². The maximum atomic E-state index is 13.4. The van der Waals surface area contributed by atoms with Gasteiger partial charge in [0.15, 0.2) is 0 Å². The Morgan fingerprint density at radius 2 is 1.18 bits per heavy atom. The van der Waals surface area contributed by atoms with E-state index in [0.717, 1.165) is 11.1 Å². The van der Waals surface area contributed by atoms with Crippen molar-refractivity contribution >= 4 is 11.9 Å². The highest BCUT2D eigenvalue weighted by Crippen LogP contribution is 2.23. The molecule has 0 radical (unpaired) electrons. The molecule has 0 bridgehead atoms. The van der Waals surface area contributed by atoms with Gasteiger partial charge in [-0.2, -0.15) is 0 Å². The number of benzene rings is 3. The molecule has 0 fully saturated rings. The van der Waals surface area contributed by atoms with Crippen molar-refractivity contribution in [2.45, 2.75) is 26.1 Å². The lowest BCUT2D eigenvalue weighted by Gasteiger charge is -2.27. The van der Waals surface area contributed by atoms with E-state index in [1.165, 1.54) is 6.92 Å². The summed E-state index contributed by atoms with van der Waals surface area (Å²) in [5.74, 6) is -0.726. The molecule has 1 atom stereocenters. The highest BCUT2D eigenvalue weighted by molar-refractivity contribution is 5.84. The molecule has 0 aliphatic carbocycles. The van der Waals surface area contributed by atoms with Crippen molar-refractivity contribution in [2.75, 3.05) is 0 Å². The van der Waals surface area contributed by atoms with Gasteiger partial charge in [-0.05, 0) is 11.1 Å². The molecule has 4 nitrogen and oxygen atoms in total. The minimum atomic E-state index is -0.967. The van der Waals surface area contributed by atoms with Crippen LogP contribution in [0.1, 0.15) is 29.7 Å². The fraction of sp³-hybridized carbons (Fsp3) is 0.167. The average molecular weight is 373 g/mol. The van der Waals surface area contributed by atoms with E-state index < -0.39 is 12.1 Å². The van der Waals surface area contributed by atoms with Crippen LogP contribution in [0.5, 0.6) is 0 Å². The summed E-state index contributed by atoms with van der Waals surface area (Å²) in [5.41, 5.74) is 2.69. The normalized spacial score (nSPS) is 11.5. The minimum Gasteiger partial charge on any atom is -0.447 e. The van der Waals surface area contributed by atoms with E-state index in [-0.39, 0.29) is 5.91 Å². The maximum Gasteiger partial charge on any atom is 0.303 e. The van der Waals surface area contributed by atoms with Crippen molar-refractivity contribution in [1.29, 1.82) is 0 Å². The SMILES string of the molecule is CC(=O)OC(C(=O)N(Cc1ccccc1)Cc1ccccc1)c1ccccc1. The first kappa shape index (κ1) is 19.4. The van der Waals surface area contributed by atoms with Gasteiger partial charge in [0.05, 0.1) is 0 Å². The van der Waals surface area contributed by atoms with Gasteiger partial charge in [-0.1, -0.05) is 91.0 Å². The Morgan fingerprint density at radius 1 is 0.750 bits per heavy atom. The second kappa shape index (κ2) is 9.51. The van der Waals surface area contributed by atoms with E-state index in [2.05, 4.69) is 0 Å². The van der Waals surface area contributed by atoms with Gasteiger partial charge in [0, 0.05) is 25.6 Å². The quantitative estimate of drug-likeness (QED) is 0.572. The first-order chi connectivity index (χ1) is 13.6. The van der Waals surface area contributed by atoms with Gasteiger partial charge >= 0.3 is 5.97 Å². The molecule has 1 unspecified atom stereocenters. The highest BCUT2D eigenvalue weighted by atomic mass is 16.5. The molecule has 0 saturated carbocycles. The number of ether oxygens (including phenoxy) is 1. The van der Waals surface area contributed by atoms with Crippen LogP contribution in [0, 0.1) is 0 Å². The smallest absolute Gasteiger partial charge is 0.303 e. The first-order valence-electron chi connectivity index (χ1n) is 9.22. The van der Waals surface area contributed by atoms with Gasteiger partial charge in [0.2, 0.25) is 6.10 Å². The average Bonchev–Trinajstić information content (AvgIpc) is 2.73. The summed E-state index contributed by atoms with van der Waals surface area (Å²) >= 11 is 0. The molecule has 1 amide bonds. The van der Waals surface area contributed by atoms with E-state index in [1.54, 1.807) is 17.0 Å². The zero-order chi connectivity index (χ0) is 19.8. The van der Waals surface area contributed by atoms with Gasteiger partial charge in [0.1, 0.15) is 0 Å². The summed E-state index contributed by atoms with van der Waals surface area (Å²) in [4.78, 5) is 26.8. The van der Waals surface area contributed by atoms with Crippen molar-refractivity contribution in [2.24, 2.45) is 0 Å². The van der Waals surface area contributed by atoms with Crippen LogP contribution in [0.15, 0.2) is 91.0 Å². The molecule has 0 aliphatic rings. The fourth-order valence-corrected chi connectivity index (χ4v) is 3.04. The van der Waals surface area contributed by atoms with E-state index in [9.17, 15) is 9.59 Å². The molecule has 3 aromatic rings. The molecule has 3 rings (SSSR count). The molecule has 142 valence electrons. The van der Waals surface area contributed by atoms with Gasteiger partial charge < -0.3 is 9.64 Å². The van der Waals surface area contributed by atoms with Crippen molar-refractivity contribution in [3.63, 3.8) is 0 Å². The predicted molar refractivity (Wildman–Crippen MR) is 108 cm³/mol. The summed E-state index contributed by atoms with van der Waals surface area (Å²) < 4.78 is 5.42. The number of hydrogen-bond donors (Lipinski definition) is 0. The third kappa shape index (κ3) is 5.30. The van der Waals surface area contributed by atoms with Crippen LogP contribution >= 0.6 is 0 Å². The van der Waals surface area contributed by atoms with E-state index in [0.29, 0.717) is 18.7 Å². The van der Waals surface area contributed by atoms with Gasteiger partial charge in [-0.3, -0.25) is 9.59 Å². The fourth-order valence-electron chi connectivity index (χ4n) is 3.04. The Labute approximate surface area is 165 Å². The summed E-state index contributed by atoms with van der Waals surface area (Å²) in [7, 11) is 0. The Hall–Kier alpha value is -3.40. The molecule has 0 heterocycles. The lowest BCUT2D eigenvalue weighted by molar-refractivity contribution is -0.160. The Morgan fingerprint density at radius 3 is 1.61 bits per heavy atom. The zero-order valence-corrected chi connectivity index (χ0v) is 15.8. The summed E-state index contributed by atoms with van der Waals surface area (Å²) in [6.07, 6.45) is -0.967. The summed E-state index contributed by atoms with van der Waals surface area (Å²) in [5, 5.41) is 0. The Balaban J connectivity index is 1.91. The number of nitrogens with zero attached hydrogens (tertiary/aromatic N) is 1. The molecule has 0 aliphatic heterocycles. The maximum absolute atomic E-state index is 13.4. The van der Waals surface area contributed by atoms with Crippen LogP contribution in [-0.4, -0.2) is 16.8 Å². The molecule has 28 heavy (non-hydrogen) atoms. The molecule has 3 aromatic carbocycles. The molecule has 0 saturated heterocycles. The van der Waals surface area contributed by atoms with Gasteiger partial charge in [-0.25, -0.2) is 0 Å². The Kier molecular flexibility index (Phi) is 6.58. The van der Waals surface area contributed by atoms with Crippen LogP contribution in [0.2, 0.25) is 0 Å². The summed E-state index contributed by atoms with van der Waals surface area (Å²) in [6, 6.07) is 28.7. The number of rotatable bonds is 7. The van der Waals surface area contributed by atoms with Gasteiger partial charge in [-0.15, -0.1) is 0 Å². The van der Waals surface area contributed by atoms with Crippen LogP contribution in [-0.2, 0) is 27.4 Å². The zero-order valence-electron chi connectivity index (χ0n) is 15.8. The van der Waals surface area contributed by atoms with E-state index >= 15 is 0 Å². The molecular formula is C24H23NO3. The van der Waals surface area contributed by atoms with Gasteiger partial charge in [0.25, 0.3) is 5.91 Å². The molecule has 4 heteroatoms. The van der Waals surface area contributed by atoms with Crippen LogP contribution in [0.3, 0.4) is 0 Å². The largest absolute Gasteiger partial charge is 0.447 e. The third-order valence-corrected chi connectivity index (χ3v) is 4.35. The number of hydrogen-bond acceptors (Lipinski definition) is 3. The predicted octanol–water partition coefficient (Wildman–Crippen LogP) is 4.52. The van der Waals surface area contributed by atoms with E-state index in [1.807, 2.05) is 78.9 Å². The minimum absolute atomic E-state index is 0.242. The van der Waals surface area contributed by atoms with Crippen LogP contribution < -0.4 is 0 Å². The topological polar surface area (TPSA) is 46.6 Å². The molecular weight excluding hydrogens is 350 g/mol. The Bertz CT molecular complexity index is 853. The van der Waals surface area contributed by atoms with E-state index in [4.69, 9.17) is 4.74 Å². The molecule has 0 aromatic heterocycles. The monoisotopic (exact) mass is 373 g/mol. The molecule has 0 spiro atoms. The lowest BCUT2D eigenvalue weighted by atomic mass is 10.1. The summed E-state index contributed by atoms with van der Waals surface area (Å²) in [6.45, 7) is 2.18. The van der Waals surface area contributed by atoms with Crippen LogP contribution in [0.4, 0.5) is 0 Å². The highest BCUT2D eigenvalue weighted by Gasteiger charge is 2.29.